The third kappa shape index (κ3) is 4.82. The molecule has 1 saturated heterocycles. The summed E-state index contributed by atoms with van der Waals surface area (Å²) in [6, 6.07) is 11.5. The van der Waals surface area contributed by atoms with E-state index in [4.69, 9.17) is 0 Å². The summed E-state index contributed by atoms with van der Waals surface area (Å²) in [7, 11) is 0. The second kappa shape index (κ2) is 7.95. The lowest BCUT2D eigenvalue weighted by atomic mass is 9.87. The molecule has 0 saturated carbocycles. The number of nitrogens with zero attached hydrogens (tertiary/aromatic N) is 1. The predicted octanol–water partition coefficient (Wildman–Crippen LogP) is 3.95. The molecule has 1 heterocycles. The first-order valence-corrected chi connectivity index (χ1v) is 8.57. The third-order valence-corrected chi connectivity index (χ3v) is 4.88. The molecular formula is C19H32N2. The smallest absolute Gasteiger partial charge is 0.0472 e. The van der Waals surface area contributed by atoms with Gasteiger partial charge in [-0.1, -0.05) is 58.0 Å². The van der Waals surface area contributed by atoms with Gasteiger partial charge < -0.3 is 5.32 Å². The van der Waals surface area contributed by atoms with Gasteiger partial charge in [-0.05, 0) is 42.8 Å². The lowest BCUT2D eigenvalue weighted by Crippen LogP contribution is -2.44. The number of piperidine rings is 1. The van der Waals surface area contributed by atoms with Gasteiger partial charge in [0.2, 0.25) is 0 Å². The summed E-state index contributed by atoms with van der Waals surface area (Å²) in [6.45, 7) is 14.0. The highest BCUT2D eigenvalue weighted by atomic mass is 15.2. The Morgan fingerprint density at radius 3 is 2.43 bits per heavy atom. The van der Waals surface area contributed by atoms with Gasteiger partial charge in [0.05, 0.1) is 0 Å². The van der Waals surface area contributed by atoms with Crippen LogP contribution in [0.4, 0.5) is 0 Å². The molecule has 0 aromatic heterocycles. The van der Waals surface area contributed by atoms with Crippen LogP contribution in [-0.4, -0.2) is 31.1 Å². The normalized spacial score (nSPS) is 25.2. The molecule has 1 fully saturated rings. The fraction of sp³-hybridized carbons (Fsp3) is 0.684. The van der Waals surface area contributed by atoms with Crippen molar-refractivity contribution in [3.63, 3.8) is 0 Å². The van der Waals surface area contributed by atoms with Crippen LogP contribution in [0.1, 0.15) is 45.7 Å². The average molecular weight is 288 g/mol. The molecular weight excluding hydrogens is 256 g/mol. The van der Waals surface area contributed by atoms with Gasteiger partial charge in [0.1, 0.15) is 0 Å². The lowest BCUT2D eigenvalue weighted by molar-refractivity contribution is 0.0939. The highest BCUT2D eigenvalue weighted by molar-refractivity contribution is 5.19. The van der Waals surface area contributed by atoms with Crippen molar-refractivity contribution in [1.82, 2.24) is 10.2 Å². The maximum absolute atomic E-state index is 3.67. The Hall–Kier alpha value is -0.860. The summed E-state index contributed by atoms with van der Waals surface area (Å²) in [5.74, 6) is 2.37. The van der Waals surface area contributed by atoms with Crippen LogP contribution >= 0.6 is 0 Å². The first-order chi connectivity index (χ1) is 10.1. The summed E-state index contributed by atoms with van der Waals surface area (Å²) >= 11 is 0. The molecule has 0 aliphatic carbocycles. The van der Waals surface area contributed by atoms with Crippen molar-refractivity contribution in [2.75, 3.05) is 26.2 Å². The van der Waals surface area contributed by atoms with Gasteiger partial charge in [-0.25, -0.2) is 0 Å². The van der Waals surface area contributed by atoms with E-state index in [1.807, 2.05) is 0 Å². The van der Waals surface area contributed by atoms with E-state index in [2.05, 4.69) is 68.2 Å². The predicted molar refractivity (Wildman–Crippen MR) is 91.4 cm³/mol. The zero-order chi connectivity index (χ0) is 15.2. The minimum absolute atomic E-state index is 0.514. The number of nitrogens with one attached hydrogen (secondary N) is 1. The molecule has 0 amide bonds. The lowest BCUT2D eigenvalue weighted by Gasteiger charge is -2.40. The summed E-state index contributed by atoms with van der Waals surface area (Å²) in [5.41, 5.74) is 1.45. The molecule has 1 N–H and O–H groups in total. The largest absolute Gasteiger partial charge is 0.315 e. The minimum Gasteiger partial charge on any atom is -0.315 e. The molecule has 1 aliphatic rings. The quantitative estimate of drug-likeness (QED) is 0.852. The van der Waals surface area contributed by atoms with Crippen molar-refractivity contribution in [3.8, 4) is 0 Å². The first-order valence-electron chi connectivity index (χ1n) is 8.57. The summed E-state index contributed by atoms with van der Waals surface area (Å²) in [4.78, 5) is 2.69. The number of rotatable bonds is 6. The first kappa shape index (κ1) is 16.5. The van der Waals surface area contributed by atoms with Crippen molar-refractivity contribution in [2.24, 2.45) is 17.8 Å². The van der Waals surface area contributed by atoms with Crippen molar-refractivity contribution in [3.05, 3.63) is 35.9 Å². The maximum Gasteiger partial charge on any atom is 0.0472 e. The molecule has 2 nitrogen and oxygen atoms in total. The van der Waals surface area contributed by atoms with Gasteiger partial charge in [0.25, 0.3) is 0 Å². The van der Waals surface area contributed by atoms with Crippen molar-refractivity contribution >= 4 is 0 Å². The van der Waals surface area contributed by atoms with E-state index in [9.17, 15) is 0 Å². The van der Waals surface area contributed by atoms with Crippen molar-refractivity contribution in [2.45, 2.75) is 40.2 Å². The SMILES string of the molecule is CC(C)CNCC(c1ccccc1)N1CCC(C)C(C)C1. The van der Waals surface area contributed by atoms with E-state index in [0.717, 1.165) is 24.9 Å². The zero-order valence-corrected chi connectivity index (χ0v) is 14.2. The van der Waals surface area contributed by atoms with Crippen LogP contribution in [0.15, 0.2) is 30.3 Å². The van der Waals surface area contributed by atoms with E-state index in [1.165, 1.54) is 25.1 Å². The van der Waals surface area contributed by atoms with Gasteiger partial charge in [0, 0.05) is 19.1 Å². The Labute approximate surface area is 130 Å². The van der Waals surface area contributed by atoms with Gasteiger partial charge in [-0.2, -0.15) is 0 Å². The molecule has 0 bridgehead atoms. The van der Waals surface area contributed by atoms with Crippen LogP contribution in [0.3, 0.4) is 0 Å². The van der Waals surface area contributed by atoms with Crippen molar-refractivity contribution in [1.29, 1.82) is 0 Å². The molecule has 0 spiro atoms. The van der Waals surface area contributed by atoms with E-state index in [1.54, 1.807) is 0 Å². The van der Waals surface area contributed by atoms with E-state index < -0.39 is 0 Å². The summed E-state index contributed by atoms with van der Waals surface area (Å²) in [6.07, 6.45) is 1.33. The van der Waals surface area contributed by atoms with Crippen molar-refractivity contribution < 1.29 is 0 Å². The molecule has 2 heteroatoms. The number of likely N-dealkylation sites (tertiary alicyclic amines) is 1. The number of benzene rings is 1. The number of hydrogen-bond donors (Lipinski definition) is 1. The van der Waals surface area contributed by atoms with Crippen LogP contribution in [0, 0.1) is 17.8 Å². The molecule has 3 atom stereocenters. The number of hydrogen-bond acceptors (Lipinski definition) is 2. The van der Waals surface area contributed by atoms with Crippen LogP contribution in [-0.2, 0) is 0 Å². The minimum atomic E-state index is 0.514. The molecule has 3 unspecified atom stereocenters. The van der Waals surface area contributed by atoms with Crippen LogP contribution in [0.5, 0.6) is 0 Å². The Kier molecular flexibility index (Phi) is 6.25. The van der Waals surface area contributed by atoms with E-state index >= 15 is 0 Å². The average Bonchev–Trinajstić information content (AvgIpc) is 2.47. The highest BCUT2D eigenvalue weighted by Crippen LogP contribution is 2.29. The second-order valence-corrected chi connectivity index (χ2v) is 7.22. The molecule has 2 rings (SSSR count). The van der Waals surface area contributed by atoms with Gasteiger partial charge >= 0.3 is 0 Å². The fourth-order valence-corrected chi connectivity index (χ4v) is 3.22. The van der Waals surface area contributed by atoms with Crippen LogP contribution in [0.25, 0.3) is 0 Å². The zero-order valence-electron chi connectivity index (χ0n) is 14.2. The van der Waals surface area contributed by atoms with Gasteiger partial charge in [0.15, 0.2) is 0 Å². The molecule has 1 aromatic carbocycles. The topological polar surface area (TPSA) is 15.3 Å². The highest BCUT2D eigenvalue weighted by Gasteiger charge is 2.28. The standard InChI is InChI=1S/C19H32N2/c1-15(2)12-20-13-19(18-8-6-5-7-9-18)21-11-10-16(3)17(4)14-21/h5-9,15-17,19-20H,10-14H2,1-4H3. The Bertz CT molecular complexity index is 401. The van der Waals surface area contributed by atoms with Crippen LogP contribution < -0.4 is 5.32 Å². The Morgan fingerprint density at radius 2 is 1.81 bits per heavy atom. The summed E-state index contributed by atoms with van der Waals surface area (Å²) in [5, 5.41) is 3.67. The molecule has 118 valence electrons. The summed E-state index contributed by atoms with van der Waals surface area (Å²) < 4.78 is 0. The second-order valence-electron chi connectivity index (χ2n) is 7.22. The van der Waals surface area contributed by atoms with Gasteiger partial charge in [-0.3, -0.25) is 4.90 Å². The molecule has 1 aliphatic heterocycles. The van der Waals surface area contributed by atoms with E-state index in [0.29, 0.717) is 12.0 Å². The maximum atomic E-state index is 3.67. The molecule has 0 radical (unpaired) electrons. The Morgan fingerprint density at radius 1 is 1.10 bits per heavy atom. The fourth-order valence-electron chi connectivity index (χ4n) is 3.22. The third-order valence-electron chi connectivity index (χ3n) is 4.88. The van der Waals surface area contributed by atoms with E-state index in [-0.39, 0.29) is 0 Å². The monoisotopic (exact) mass is 288 g/mol. The molecule has 1 aromatic rings. The van der Waals surface area contributed by atoms with Gasteiger partial charge in [-0.15, -0.1) is 0 Å². The van der Waals surface area contributed by atoms with Crippen LogP contribution in [0.2, 0.25) is 0 Å². The Balaban J connectivity index is 2.04. The molecule has 21 heavy (non-hydrogen) atoms.